The smallest absolute Gasteiger partial charge is 0.323 e. The maximum atomic E-state index is 12.5. The molecular formula is C21H21ClN4O. The Bertz CT molecular complexity index is 929. The van der Waals surface area contributed by atoms with Gasteiger partial charge in [0.15, 0.2) is 0 Å². The third-order valence-corrected chi connectivity index (χ3v) is 4.63. The van der Waals surface area contributed by atoms with Crippen molar-refractivity contribution in [1.29, 1.82) is 0 Å². The standard InChI is InChI=1S/C21H20N4O.ClH/c22-12-15-6-8-17(9-7-15)18-10-11-23-20-19(18)14-25(21(26)24-20)13-16-4-2-1-3-5-16;/h1-11H,12-14,22H2,(H,23,24,26);1H. The third kappa shape index (κ3) is 3.94. The van der Waals surface area contributed by atoms with Crippen LogP contribution < -0.4 is 11.1 Å². The number of amides is 2. The molecule has 138 valence electrons. The summed E-state index contributed by atoms with van der Waals surface area (Å²) in [6, 6.07) is 20.1. The lowest BCUT2D eigenvalue weighted by atomic mass is 9.98. The SMILES string of the molecule is Cl.NCc1ccc(-c2ccnc3c2CN(Cc2ccccc2)C(=O)N3)cc1. The maximum Gasteiger partial charge on any atom is 0.323 e. The van der Waals surface area contributed by atoms with Crippen molar-refractivity contribution in [3.05, 3.63) is 83.6 Å². The summed E-state index contributed by atoms with van der Waals surface area (Å²) in [5, 5.41) is 2.92. The number of carbonyl (C=O) groups is 1. The number of hydrogen-bond donors (Lipinski definition) is 2. The van der Waals surface area contributed by atoms with Crippen molar-refractivity contribution in [1.82, 2.24) is 9.88 Å². The minimum atomic E-state index is -0.121. The topological polar surface area (TPSA) is 71.2 Å². The van der Waals surface area contributed by atoms with Crippen LogP contribution in [0, 0.1) is 0 Å². The largest absolute Gasteiger partial charge is 0.326 e. The zero-order chi connectivity index (χ0) is 17.9. The van der Waals surface area contributed by atoms with Gasteiger partial charge in [0.25, 0.3) is 0 Å². The van der Waals surface area contributed by atoms with Crippen LogP contribution in [0.2, 0.25) is 0 Å². The molecule has 0 unspecified atom stereocenters. The molecule has 3 aromatic rings. The van der Waals surface area contributed by atoms with Gasteiger partial charge in [-0.3, -0.25) is 5.32 Å². The zero-order valence-corrected chi connectivity index (χ0v) is 15.6. The highest BCUT2D eigenvalue weighted by Crippen LogP contribution is 2.32. The first kappa shape index (κ1) is 18.9. The van der Waals surface area contributed by atoms with Crippen LogP contribution in [0.15, 0.2) is 66.9 Å². The fourth-order valence-corrected chi connectivity index (χ4v) is 3.23. The summed E-state index contributed by atoms with van der Waals surface area (Å²) in [4.78, 5) is 18.6. The second-order valence-electron chi connectivity index (χ2n) is 6.36. The van der Waals surface area contributed by atoms with Gasteiger partial charge < -0.3 is 10.6 Å². The van der Waals surface area contributed by atoms with Crippen molar-refractivity contribution in [2.75, 3.05) is 5.32 Å². The second kappa shape index (κ2) is 8.20. The molecule has 1 aliphatic heterocycles. The van der Waals surface area contributed by atoms with Crippen LogP contribution in [0.1, 0.15) is 16.7 Å². The van der Waals surface area contributed by atoms with Gasteiger partial charge in [-0.1, -0.05) is 54.6 Å². The maximum absolute atomic E-state index is 12.5. The van der Waals surface area contributed by atoms with Crippen molar-refractivity contribution >= 4 is 24.3 Å². The number of halogens is 1. The van der Waals surface area contributed by atoms with Gasteiger partial charge >= 0.3 is 6.03 Å². The number of nitrogens with one attached hydrogen (secondary N) is 1. The van der Waals surface area contributed by atoms with Crippen LogP contribution in [0.3, 0.4) is 0 Å². The summed E-state index contributed by atoms with van der Waals surface area (Å²) >= 11 is 0. The number of nitrogens with two attached hydrogens (primary N) is 1. The molecule has 4 rings (SSSR count). The summed E-state index contributed by atoms with van der Waals surface area (Å²) in [7, 11) is 0. The highest BCUT2D eigenvalue weighted by molar-refractivity contribution is 5.93. The Kier molecular flexibility index (Phi) is 5.74. The van der Waals surface area contributed by atoms with Crippen LogP contribution in [0.4, 0.5) is 10.6 Å². The first-order valence-electron chi connectivity index (χ1n) is 8.61. The van der Waals surface area contributed by atoms with Crippen molar-refractivity contribution in [2.45, 2.75) is 19.6 Å². The molecule has 1 aliphatic rings. The average Bonchev–Trinajstić information content (AvgIpc) is 2.69. The van der Waals surface area contributed by atoms with Crippen LogP contribution in [0.25, 0.3) is 11.1 Å². The number of urea groups is 1. The fraction of sp³-hybridized carbons (Fsp3) is 0.143. The predicted molar refractivity (Wildman–Crippen MR) is 110 cm³/mol. The van der Waals surface area contributed by atoms with Gasteiger partial charge in [-0.15, -0.1) is 12.4 Å². The van der Waals surface area contributed by atoms with Crippen molar-refractivity contribution in [2.24, 2.45) is 5.73 Å². The Hall–Kier alpha value is -2.89. The minimum absolute atomic E-state index is 0. The molecule has 27 heavy (non-hydrogen) atoms. The quantitative estimate of drug-likeness (QED) is 0.713. The molecule has 0 radical (unpaired) electrons. The predicted octanol–water partition coefficient (Wildman–Crippen LogP) is 4.18. The highest BCUT2D eigenvalue weighted by atomic mass is 35.5. The van der Waals surface area contributed by atoms with E-state index in [1.807, 2.05) is 48.5 Å². The normalized spacial score (nSPS) is 12.8. The lowest BCUT2D eigenvalue weighted by Crippen LogP contribution is -2.38. The van der Waals surface area contributed by atoms with Gasteiger partial charge in [0.05, 0.1) is 6.54 Å². The molecule has 0 saturated carbocycles. The molecular weight excluding hydrogens is 360 g/mol. The average molecular weight is 381 g/mol. The van der Waals surface area contributed by atoms with Crippen LogP contribution >= 0.6 is 12.4 Å². The lowest BCUT2D eigenvalue weighted by Gasteiger charge is -2.30. The van der Waals surface area contributed by atoms with Gasteiger partial charge in [-0.2, -0.15) is 0 Å². The molecule has 0 bridgehead atoms. The molecule has 0 spiro atoms. The van der Waals surface area contributed by atoms with Gasteiger partial charge in [0, 0.05) is 24.8 Å². The third-order valence-electron chi connectivity index (χ3n) is 4.63. The van der Waals surface area contributed by atoms with E-state index in [4.69, 9.17) is 5.73 Å². The molecule has 0 aliphatic carbocycles. The Morgan fingerprint density at radius 2 is 1.74 bits per heavy atom. The summed E-state index contributed by atoms with van der Waals surface area (Å²) in [5.41, 5.74) is 11.1. The van der Waals surface area contributed by atoms with Crippen LogP contribution in [0.5, 0.6) is 0 Å². The summed E-state index contributed by atoms with van der Waals surface area (Å²) in [6.45, 7) is 1.61. The van der Waals surface area contributed by atoms with Crippen molar-refractivity contribution in [3.63, 3.8) is 0 Å². The van der Waals surface area contributed by atoms with Gasteiger partial charge in [-0.05, 0) is 28.3 Å². The molecule has 0 fully saturated rings. The molecule has 6 heteroatoms. The number of hydrogen-bond acceptors (Lipinski definition) is 3. The Labute approximate surface area is 164 Å². The van der Waals surface area contributed by atoms with E-state index in [1.54, 1.807) is 11.1 Å². The number of rotatable bonds is 4. The minimum Gasteiger partial charge on any atom is -0.326 e. The van der Waals surface area contributed by atoms with E-state index in [1.165, 1.54) is 0 Å². The van der Waals surface area contributed by atoms with Crippen LogP contribution in [-0.2, 0) is 19.6 Å². The molecule has 0 atom stereocenters. The monoisotopic (exact) mass is 380 g/mol. The number of pyridine rings is 1. The highest BCUT2D eigenvalue weighted by Gasteiger charge is 2.25. The molecule has 2 heterocycles. The lowest BCUT2D eigenvalue weighted by molar-refractivity contribution is 0.203. The summed E-state index contributed by atoms with van der Waals surface area (Å²) in [5.74, 6) is 0.639. The molecule has 2 amide bonds. The van der Waals surface area contributed by atoms with Gasteiger partial charge in [-0.25, -0.2) is 9.78 Å². The van der Waals surface area contributed by atoms with Gasteiger partial charge in [0.1, 0.15) is 5.82 Å². The summed E-state index contributed by atoms with van der Waals surface area (Å²) < 4.78 is 0. The van der Waals surface area contributed by atoms with E-state index in [-0.39, 0.29) is 18.4 Å². The first-order valence-corrected chi connectivity index (χ1v) is 8.61. The number of benzene rings is 2. The second-order valence-corrected chi connectivity index (χ2v) is 6.36. The Morgan fingerprint density at radius 3 is 2.44 bits per heavy atom. The number of anilines is 1. The number of carbonyl (C=O) groups excluding carboxylic acids is 1. The molecule has 5 nitrogen and oxygen atoms in total. The van der Waals surface area contributed by atoms with Gasteiger partial charge in [0.2, 0.25) is 0 Å². The van der Waals surface area contributed by atoms with E-state index in [2.05, 4.69) is 22.4 Å². The number of fused-ring (bicyclic) bond motifs is 1. The first-order chi connectivity index (χ1) is 12.7. The molecule has 1 aromatic heterocycles. The van der Waals surface area contributed by atoms with E-state index in [0.29, 0.717) is 25.5 Å². The van der Waals surface area contributed by atoms with Crippen molar-refractivity contribution < 1.29 is 4.79 Å². The number of aromatic nitrogens is 1. The molecule has 3 N–H and O–H groups in total. The van der Waals surface area contributed by atoms with E-state index in [9.17, 15) is 4.79 Å². The molecule has 0 saturated heterocycles. The van der Waals surface area contributed by atoms with E-state index < -0.39 is 0 Å². The van der Waals surface area contributed by atoms with Crippen LogP contribution in [-0.4, -0.2) is 15.9 Å². The zero-order valence-electron chi connectivity index (χ0n) is 14.8. The number of nitrogens with zero attached hydrogens (tertiary/aromatic N) is 2. The Morgan fingerprint density at radius 1 is 1.00 bits per heavy atom. The fourth-order valence-electron chi connectivity index (χ4n) is 3.23. The van der Waals surface area contributed by atoms with E-state index >= 15 is 0 Å². The summed E-state index contributed by atoms with van der Waals surface area (Å²) in [6.07, 6.45) is 1.73. The van der Waals surface area contributed by atoms with Crippen molar-refractivity contribution in [3.8, 4) is 11.1 Å². The molecule has 2 aromatic carbocycles. The Balaban J connectivity index is 0.00000210. The van der Waals surface area contributed by atoms with E-state index in [0.717, 1.165) is 27.8 Å².